The van der Waals surface area contributed by atoms with Gasteiger partial charge in [0, 0.05) is 53.2 Å². The third-order valence-corrected chi connectivity index (χ3v) is 6.59. The normalized spacial score (nSPS) is 20.3. The van der Waals surface area contributed by atoms with E-state index in [4.69, 9.17) is 30.8 Å². The molecule has 0 bridgehead atoms. The number of carbonyl (C=O) groups is 1. The largest absolute Gasteiger partial charge is 0.480 e. The molecule has 7 nitrogen and oxygen atoms in total. The predicted octanol–water partition coefficient (Wildman–Crippen LogP) is 4.93. The van der Waals surface area contributed by atoms with Gasteiger partial charge in [-0.25, -0.2) is 4.79 Å². The van der Waals surface area contributed by atoms with Gasteiger partial charge in [0.05, 0.1) is 30.9 Å². The van der Waals surface area contributed by atoms with Gasteiger partial charge in [-0.1, -0.05) is 11.6 Å². The number of hydrogen-bond donors (Lipinski definition) is 1. The first-order valence-corrected chi connectivity index (χ1v) is 11.5. The number of fused-ring (bicyclic) bond motifs is 2. The minimum atomic E-state index is -0.584. The summed E-state index contributed by atoms with van der Waals surface area (Å²) in [5.74, 6) is 2.13. The number of H-pyrrole nitrogens is 1. The quantitative estimate of drug-likeness (QED) is 0.546. The van der Waals surface area contributed by atoms with Crippen LogP contribution < -0.4 is 9.64 Å². The number of methoxy groups -OCH3 is 1. The van der Waals surface area contributed by atoms with Crippen LogP contribution in [0.1, 0.15) is 31.1 Å². The Morgan fingerprint density at radius 2 is 1.91 bits per heavy atom. The van der Waals surface area contributed by atoms with Gasteiger partial charge >= 0.3 is 5.97 Å². The molecule has 4 heterocycles. The van der Waals surface area contributed by atoms with Crippen molar-refractivity contribution in [1.29, 1.82) is 0 Å². The van der Waals surface area contributed by atoms with Crippen molar-refractivity contribution in [3.05, 3.63) is 41.0 Å². The van der Waals surface area contributed by atoms with Crippen LogP contribution >= 0.6 is 11.6 Å². The fourth-order valence-corrected chi connectivity index (χ4v) is 4.96. The number of ether oxygens (including phenoxy) is 3. The van der Waals surface area contributed by atoms with Gasteiger partial charge in [-0.05, 0) is 45.0 Å². The summed E-state index contributed by atoms with van der Waals surface area (Å²) in [6, 6.07) is 7.70. The van der Waals surface area contributed by atoms with Crippen molar-refractivity contribution >= 4 is 34.3 Å². The van der Waals surface area contributed by atoms with E-state index in [1.165, 1.54) is 0 Å². The van der Waals surface area contributed by atoms with Crippen LogP contribution in [0.25, 0.3) is 22.0 Å². The zero-order valence-electron chi connectivity index (χ0n) is 19.3. The van der Waals surface area contributed by atoms with Crippen LogP contribution in [0.2, 0.25) is 5.02 Å². The minimum absolute atomic E-state index is 0.383. The Bertz CT molecular complexity index is 1200. The number of esters is 1. The van der Waals surface area contributed by atoms with Crippen LogP contribution in [0.5, 0.6) is 5.88 Å². The van der Waals surface area contributed by atoms with E-state index >= 15 is 0 Å². The lowest BCUT2D eigenvalue weighted by atomic mass is 10.0. The van der Waals surface area contributed by atoms with Crippen LogP contribution in [0.4, 0.5) is 5.82 Å². The van der Waals surface area contributed by atoms with Crippen LogP contribution in [0.15, 0.2) is 30.5 Å². The van der Waals surface area contributed by atoms with E-state index in [-0.39, 0.29) is 5.97 Å². The van der Waals surface area contributed by atoms with E-state index in [0.29, 0.717) is 28.3 Å². The summed E-state index contributed by atoms with van der Waals surface area (Å²) in [4.78, 5) is 22.9. The number of anilines is 1. The van der Waals surface area contributed by atoms with Gasteiger partial charge in [0.25, 0.3) is 0 Å². The Morgan fingerprint density at radius 1 is 1.18 bits per heavy atom. The average molecular weight is 470 g/mol. The molecule has 1 N–H and O–H groups in total. The van der Waals surface area contributed by atoms with Crippen molar-refractivity contribution in [2.24, 2.45) is 11.8 Å². The van der Waals surface area contributed by atoms with Crippen molar-refractivity contribution in [2.75, 3.05) is 38.3 Å². The smallest absolute Gasteiger partial charge is 0.340 e. The molecule has 2 atom stereocenters. The predicted molar refractivity (Wildman–Crippen MR) is 128 cm³/mol. The number of carbonyl (C=O) groups excluding carboxylic acids is 1. The molecule has 8 heteroatoms. The number of halogens is 1. The van der Waals surface area contributed by atoms with Crippen molar-refractivity contribution in [3.63, 3.8) is 0 Å². The Hall–Kier alpha value is -2.77. The summed E-state index contributed by atoms with van der Waals surface area (Å²) >= 11 is 6.65. The number of rotatable bonds is 4. The molecular weight excluding hydrogens is 442 g/mol. The standard InChI is InChI=1S/C25H28ClN3O4/c1-25(2,3)33-24(30)19-9-27-21-8-20(26)17(7-18(19)21)16-5-6-22(28-23(16)31-4)29-10-14-12-32-13-15(14)11-29/h5-9,14-15,27H,10-13H2,1-4H3. The highest BCUT2D eigenvalue weighted by molar-refractivity contribution is 6.34. The van der Waals surface area contributed by atoms with E-state index in [1.54, 1.807) is 13.3 Å². The second kappa shape index (κ2) is 8.22. The molecule has 2 aromatic heterocycles. The van der Waals surface area contributed by atoms with E-state index in [0.717, 1.165) is 54.2 Å². The third-order valence-electron chi connectivity index (χ3n) is 6.28. The second-order valence-corrected chi connectivity index (χ2v) is 10.2. The Balaban J connectivity index is 1.51. The van der Waals surface area contributed by atoms with Crippen LogP contribution in [0.3, 0.4) is 0 Å². The number of aromatic amines is 1. The van der Waals surface area contributed by atoms with E-state index in [1.807, 2.05) is 45.0 Å². The topological polar surface area (TPSA) is 76.7 Å². The van der Waals surface area contributed by atoms with Gasteiger partial charge in [-0.15, -0.1) is 0 Å². The molecular formula is C25H28ClN3O4. The summed E-state index contributed by atoms with van der Waals surface area (Å²) in [6.45, 7) is 9.07. The van der Waals surface area contributed by atoms with Crippen molar-refractivity contribution in [2.45, 2.75) is 26.4 Å². The molecule has 2 unspecified atom stereocenters. The summed E-state index contributed by atoms with van der Waals surface area (Å²) in [5.41, 5.74) is 2.16. The third kappa shape index (κ3) is 4.15. The summed E-state index contributed by atoms with van der Waals surface area (Å²) in [5, 5.41) is 1.28. The highest BCUT2D eigenvalue weighted by Gasteiger charge is 2.37. The molecule has 2 saturated heterocycles. The molecule has 2 aliphatic rings. The molecule has 0 saturated carbocycles. The lowest BCUT2D eigenvalue weighted by Gasteiger charge is -2.20. The average Bonchev–Trinajstić information content (AvgIpc) is 3.46. The van der Waals surface area contributed by atoms with Gasteiger partial charge in [0.15, 0.2) is 0 Å². The number of pyridine rings is 1. The number of nitrogens with zero attached hydrogens (tertiary/aromatic N) is 2. The van der Waals surface area contributed by atoms with E-state index in [2.05, 4.69) is 9.88 Å². The van der Waals surface area contributed by atoms with Crippen molar-refractivity contribution in [3.8, 4) is 17.0 Å². The van der Waals surface area contributed by atoms with Gasteiger partial charge in [0.1, 0.15) is 11.4 Å². The van der Waals surface area contributed by atoms with Crippen LogP contribution in [-0.2, 0) is 9.47 Å². The molecule has 0 spiro atoms. The fraction of sp³-hybridized carbons (Fsp3) is 0.440. The van der Waals surface area contributed by atoms with Gasteiger partial charge in [0.2, 0.25) is 5.88 Å². The molecule has 0 radical (unpaired) electrons. The lowest BCUT2D eigenvalue weighted by molar-refractivity contribution is 0.00719. The highest BCUT2D eigenvalue weighted by Crippen LogP contribution is 2.39. The zero-order valence-corrected chi connectivity index (χ0v) is 20.0. The summed E-state index contributed by atoms with van der Waals surface area (Å²) in [7, 11) is 1.61. The number of aromatic nitrogens is 2. The molecule has 33 heavy (non-hydrogen) atoms. The first-order chi connectivity index (χ1) is 15.7. The number of hydrogen-bond acceptors (Lipinski definition) is 6. The van der Waals surface area contributed by atoms with Gasteiger partial charge < -0.3 is 24.1 Å². The molecule has 2 aliphatic heterocycles. The molecule has 1 aromatic carbocycles. The van der Waals surface area contributed by atoms with Crippen molar-refractivity contribution in [1.82, 2.24) is 9.97 Å². The summed E-state index contributed by atoms with van der Waals surface area (Å²) < 4.78 is 16.8. The van der Waals surface area contributed by atoms with E-state index in [9.17, 15) is 4.79 Å². The minimum Gasteiger partial charge on any atom is -0.480 e. The van der Waals surface area contributed by atoms with Crippen LogP contribution in [-0.4, -0.2) is 55.0 Å². The Morgan fingerprint density at radius 3 is 2.58 bits per heavy atom. The molecule has 2 fully saturated rings. The first-order valence-electron chi connectivity index (χ1n) is 11.2. The molecule has 5 rings (SSSR count). The lowest BCUT2D eigenvalue weighted by Crippen LogP contribution is -2.23. The maximum Gasteiger partial charge on any atom is 0.340 e. The highest BCUT2D eigenvalue weighted by atomic mass is 35.5. The van der Waals surface area contributed by atoms with Gasteiger partial charge in [-0.2, -0.15) is 4.98 Å². The van der Waals surface area contributed by atoms with Crippen molar-refractivity contribution < 1.29 is 19.0 Å². The van der Waals surface area contributed by atoms with Crippen LogP contribution in [0, 0.1) is 11.8 Å². The molecule has 0 aliphatic carbocycles. The molecule has 174 valence electrons. The van der Waals surface area contributed by atoms with E-state index < -0.39 is 5.60 Å². The number of nitrogens with one attached hydrogen (secondary N) is 1. The maximum atomic E-state index is 12.7. The maximum absolute atomic E-state index is 12.7. The van der Waals surface area contributed by atoms with Gasteiger partial charge in [-0.3, -0.25) is 0 Å². The Labute approximate surface area is 198 Å². The second-order valence-electron chi connectivity index (χ2n) is 9.77. The Kier molecular flexibility index (Phi) is 5.49. The number of benzene rings is 1. The molecule has 3 aromatic rings. The molecule has 0 amide bonds. The monoisotopic (exact) mass is 469 g/mol. The summed E-state index contributed by atoms with van der Waals surface area (Å²) in [6.07, 6.45) is 1.66. The SMILES string of the molecule is COc1nc(N2CC3COCC3C2)ccc1-c1cc2c(C(=O)OC(C)(C)C)c[nH]c2cc1Cl. The fourth-order valence-electron chi connectivity index (χ4n) is 4.69. The first kappa shape index (κ1) is 22.0. The zero-order chi connectivity index (χ0) is 23.3.